The van der Waals surface area contributed by atoms with Gasteiger partial charge in [0.05, 0.1) is 0 Å². The first-order valence-corrected chi connectivity index (χ1v) is 3.38. The van der Waals surface area contributed by atoms with E-state index in [-0.39, 0.29) is 21.1 Å². The summed E-state index contributed by atoms with van der Waals surface area (Å²) in [5.41, 5.74) is 7.29. The zero-order valence-electron chi connectivity index (χ0n) is 6.32. The molecule has 0 spiro atoms. The van der Waals surface area contributed by atoms with Crippen LogP contribution in [-0.4, -0.2) is 4.98 Å². The molecule has 1 heterocycles. The zero-order valence-corrected chi connectivity index (χ0v) is 9.25. The van der Waals surface area contributed by atoms with Crippen LogP contribution in [0.5, 0.6) is 0 Å². The smallest absolute Gasteiger partial charge is 0.0289 e. The molecule has 1 aromatic carbocycles. The number of pyridine rings is 1. The van der Waals surface area contributed by atoms with Gasteiger partial charge in [0.1, 0.15) is 0 Å². The molecule has 0 saturated carbocycles. The normalized spacial score (nSPS) is 9.33. The van der Waals surface area contributed by atoms with Crippen molar-refractivity contribution in [3.63, 3.8) is 0 Å². The van der Waals surface area contributed by atoms with Crippen molar-refractivity contribution in [2.45, 2.75) is 0 Å². The van der Waals surface area contributed by atoms with Crippen molar-refractivity contribution in [2.24, 2.45) is 0 Å². The molecule has 0 amide bonds. The Morgan fingerprint density at radius 3 is 2.92 bits per heavy atom. The molecule has 0 aliphatic heterocycles. The Morgan fingerprint density at radius 1 is 1.25 bits per heavy atom. The SMILES string of the molecule is Nc1ccc2n[c-]ccc2c1.[W]. The van der Waals surface area contributed by atoms with Gasteiger partial charge in [-0.3, -0.25) is 0 Å². The van der Waals surface area contributed by atoms with Crippen LogP contribution in [0.2, 0.25) is 0 Å². The summed E-state index contributed by atoms with van der Waals surface area (Å²) in [5, 5.41) is 1.06. The van der Waals surface area contributed by atoms with Gasteiger partial charge >= 0.3 is 0 Å². The number of nitrogen functional groups attached to an aromatic ring is 1. The van der Waals surface area contributed by atoms with Crippen molar-refractivity contribution >= 4 is 16.6 Å². The van der Waals surface area contributed by atoms with Gasteiger partial charge in [-0.1, -0.05) is 18.3 Å². The first kappa shape index (κ1) is 9.21. The van der Waals surface area contributed by atoms with Gasteiger partial charge in [-0.05, 0) is 11.6 Å². The Labute approximate surface area is 85.1 Å². The number of anilines is 1. The summed E-state index contributed by atoms with van der Waals surface area (Å²) < 4.78 is 0. The predicted molar refractivity (Wildman–Crippen MR) is 45.0 cm³/mol. The molecule has 1 aromatic heterocycles. The zero-order chi connectivity index (χ0) is 7.68. The summed E-state index contributed by atoms with van der Waals surface area (Å²) >= 11 is 0. The number of hydrogen-bond donors (Lipinski definition) is 1. The summed E-state index contributed by atoms with van der Waals surface area (Å²) in [5.74, 6) is 0. The van der Waals surface area contributed by atoms with E-state index in [4.69, 9.17) is 5.73 Å². The Kier molecular flexibility index (Phi) is 2.82. The Hall–Kier alpha value is -0.882. The molecular formula is C9H7N2W-. The number of nitrogens with two attached hydrogens (primary N) is 1. The van der Waals surface area contributed by atoms with Crippen LogP contribution in [0, 0.1) is 6.20 Å². The van der Waals surface area contributed by atoms with E-state index in [1.165, 1.54) is 0 Å². The summed E-state index contributed by atoms with van der Waals surface area (Å²) in [4.78, 5) is 4.04. The van der Waals surface area contributed by atoms with Crippen LogP contribution < -0.4 is 5.73 Å². The van der Waals surface area contributed by atoms with E-state index < -0.39 is 0 Å². The minimum absolute atomic E-state index is 0. The van der Waals surface area contributed by atoms with Crippen molar-refractivity contribution < 1.29 is 21.1 Å². The molecule has 3 heteroatoms. The Balaban J connectivity index is 0.000000720. The number of benzene rings is 1. The van der Waals surface area contributed by atoms with Crippen LogP contribution in [0.3, 0.4) is 0 Å². The van der Waals surface area contributed by atoms with E-state index in [2.05, 4.69) is 11.2 Å². The predicted octanol–water partition coefficient (Wildman–Crippen LogP) is 1.61. The second-order valence-electron chi connectivity index (χ2n) is 2.39. The van der Waals surface area contributed by atoms with Gasteiger partial charge in [-0.2, -0.15) is 12.1 Å². The molecule has 0 bridgehead atoms. The van der Waals surface area contributed by atoms with Gasteiger partial charge < -0.3 is 10.7 Å². The van der Waals surface area contributed by atoms with Crippen LogP contribution in [0.4, 0.5) is 5.69 Å². The van der Waals surface area contributed by atoms with E-state index in [0.29, 0.717) is 0 Å². The van der Waals surface area contributed by atoms with Gasteiger partial charge in [0.25, 0.3) is 0 Å². The quantitative estimate of drug-likeness (QED) is 0.590. The molecule has 0 aliphatic rings. The number of hydrogen-bond acceptors (Lipinski definition) is 2. The van der Waals surface area contributed by atoms with E-state index in [0.717, 1.165) is 16.6 Å². The summed E-state index contributed by atoms with van der Waals surface area (Å²) in [6.07, 6.45) is 2.76. The molecule has 12 heavy (non-hydrogen) atoms. The third-order valence-electron chi connectivity index (χ3n) is 1.57. The van der Waals surface area contributed by atoms with E-state index in [1.54, 1.807) is 6.07 Å². The topological polar surface area (TPSA) is 38.9 Å². The minimum Gasteiger partial charge on any atom is -0.399 e. The van der Waals surface area contributed by atoms with Gasteiger partial charge in [-0.25, -0.2) is 0 Å². The van der Waals surface area contributed by atoms with Crippen molar-refractivity contribution in [2.75, 3.05) is 5.73 Å². The standard InChI is InChI=1S/C9H7N2.W/c10-8-3-4-9-7(6-8)2-1-5-11-9;/h1-4,6H,10H2;/q-1;. The van der Waals surface area contributed by atoms with E-state index in [1.807, 2.05) is 24.3 Å². The van der Waals surface area contributed by atoms with Crippen LogP contribution >= 0.6 is 0 Å². The molecule has 0 aliphatic carbocycles. The third kappa shape index (κ3) is 1.64. The maximum atomic E-state index is 5.59. The Bertz CT molecular complexity index is 387. The molecule has 2 rings (SSSR count). The van der Waals surface area contributed by atoms with Crippen molar-refractivity contribution in [1.82, 2.24) is 4.98 Å². The van der Waals surface area contributed by atoms with Crippen molar-refractivity contribution in [3.8, 4) is 0 Å². The van der Waals surface area contributed by atoms with E-state index >= 15 is 0 Å². The van der Waals surface area contributed by atoms with Crippen molar-refractivity contribution in [1.29, 1.82) is 0 Å². The molecule has 2 nitrogen and oxygen atoms in total. The van der Waals surface area contributed by atoms with Crippen LogP contribution in [0.1, 0.15) is 0 Å². The average molecular weight is 327 g/mol. The summed E-state index contributed by atoms with van der Waals surface area (Å²) in [6, 6.07) is 9.35. The average Bonchev–Trinajstić information content (AvgIpc) is 2.04. The number of aromatic nitrogens is 1. The first-order valence-electron chi connectivity index (χ1n) is 3.38. The number of nitrogens with zero attached hydrogens (tertiary/aromatic N) is 1. The molecule has 0 saturated heterocycles. The number of fused-ring (bicyclic) bond motifs is 1. The fourth-order valence-electron chi connectivity index (χ4n) is 1.04. The van der Waals surface area contributed by atoms with Gasteiger partial charge in [0, 0.05) is 26.8 Å². The summed E-state index contributed by atoms with van der Waals surface area (Å²) in [6.45, 7) is 0. The van der Waals surface area contributed by atoms with Gasteiger partial charge in [0.2, 0.25) is 0 Å². The molecule has 0 unspecified atom stereocenters. The maximum Gasteiger partial charge on any atom is 0.0289 e. The Morgan fingerprint density at radius 2 is 2.08 bits per heavy atom. The van der Waals surface area contributed by atoms with Gasteiger partial charge in [-0.15, -0.1) is 5.39 Å². The van der Waals surface area contributed by atoms with Crippen LogP contribution in [0.25, 0.3) is 10.9 Å². The maximum absolute atomic E-state index is 5.59. The van der Waals surface area contributed by atoms with Gasteiger partial charge in [0.15, 0.2) is 0 Å². The van der Waals surface area contributed by atoms with Crippen molar-refractivity contribution in [3.05, 3.63) is 36.5 Å². The molecule has 60 valence electrons. The second kappa shape index (κ2) is 3.68. The molecule has 0 fully saturated rings. The summed E-state index contributed by atoms with van der Waals surface area (Å²) in [7, 11) is 0. The molecule has 2 N–H and O–H groups in total. The first-order chi connectivity index (χ1) is 5.36. The third-order valence-corrected chi connectivity index (χ3v) is 1.57. The molecule has 2 aromatic rings. The fourth-order valence-corrected chi connectivity index (χ4v) is 1.04. The molecular weight excluding hydrogens is 320 g/mol. The molecule has 0 radical (unpaired) electrons. The molecule has 0 atom stereocenters. The second-order valence-corrected chi connectivity index (χ2v) is 2.39. The van der Waals surface area contributed by atoms with E-state index in [9.17, 15) is 0 Å². The minimum atomic E-state index is 0. The largest absolute Gasteiger partial charge is 0.399 e. The van der Waals surface area contributed by atoms with Crippen LogP contribution in [0.15, 0.2) is 30.3 Å². The number of rotatable bonds is 0. The van der Waals surface area contributed by atoms with Crippen LogP contribution in [-0.2, 0) is 21.1 Å². The fraction of sp³-hybridized carbons (Fsp3) is 0. The monoisotopic (exact) mass is 327 g/mol.